The number of amides is 1. The van der Waals surface area contributed by atoms with Crippen molar-refractivity contribution in [3.63, 3.8) is 0 Å². The van der Waals surface area contributed by atoms with Crippen LogP contribution >= 0.6 is 0 Å². The molecule has 0 fully saturated rings. The molecular formula is C19H21N5O5. The predicted octanol–water partition coefficient (Wildman–Crippen LogP) is 0.0823. The molecule has 4 rings (SSSR count). The van der Waals surface area contributed by atoms with Crippen LogP contribution in [0.25, 0.3) is 11.2 Å². The standard InChI is InChI=1S/C19H21N5O5/c1-11(12-4-5-13-14(8-12)29-7-6-28-13)21-15(25)9-24-10-20-17-16(24)18(26)23(3)19(27)22(17)2/h4-5,8,10-11H,6-7,9H2,1-3H3,(H,21,25). The van der Waals surface area contributed by atoms with Crippen LogP contribution in [0.3, 0.4) is 0 Å². The van der Waals surface area contributed by atoms with Gasteiger partial charge in [0.2, 0.25) is 5.91 Å². The third kappa shape index (κ3) is 3.26. The minimum Gasteiger partial charge on any atom is -0.486 e. The van der Waals surface area contributed by atoms with Crippen molar-refractivity contribution >= 4 is 17.1 Å². The topological polar surface area (TPSA) is 109 Å². The van der Waals surface area contributed by atoms with E-state index in [2.05, 4.69) is 10.3 Å². The Bertz CT molecular complexity index is 1220. The van der Waals surface area contributed by atoms with Crippen molar-refractivity contribution in [2.75, 3.05) is 13.2 Å². The Morgan fingerprint density at radius 1 is 1.17 bits per heavy atom. The maximum Gasteiger partial charge on any atom is 0.332 e. The van der Waals surface area contributed by atoms with Crippen molar-refractivity contribution < 1.29 is 14.3 Å². The van der Waals surface area contributed by atoms with Crippen LogP contribution in [0, 0.1) is 0 Å². The fourth-order valence-electron chi connectivity index (χ4n) is 3.37. The van der Waals surface area contributed by atoms with Crippen LogP contribution in [0.4, 0.5) is 0 Å². The Hall–Kier alpha value is -3.56. The lowest BCUT2D eigenvalue weighted by atomic mass is 10.1. The van der Waals surface area contributed by atoms with Crippen LogP contribution in [0.15, 0.2) is 34.1 Å². The first-order chi connectivity index (χ1) is 13.9. The zero-order valence-electron chi connectivity index (χ0n) is 16.3. The molecule has 1 atom stereocenters. The van der Waals surface area contributed by atoms with Crippen LogP contribution < -0.4 is 26.0 Å². The third-order valence-electron chi connectivity index (χ3n) is 4.97. The Balaban J connectivity index is 1.55. The van der Waals surface area contributed by atoms with E-state index in [1.807, 2.05) is 25.1 Å². The fourth-order valence-corrected chi connectivity index (χ4v) is 3.37. The number of ether oxygens (including phenoxy) is 2. The second-order valence-corrected chi connectivity index (χ2v) is 6.94. The summed E-state index contributed by atoms with van der Waals surface area (Å²) in [5.74, 6) is 1.05. The molecule has 1 aromatic carbocycles. The van der Waals surface area contributed by atoms with Gasteiger partial charge in [-0.15, -0.1) is 0 Å². The number of nitrogens with one attached hydrogen (secondary N) is 1. The van der Waals surface area contributed by atoms with Crippen LogP contribution in [0.2, 0.25) is 0 Å². The monoisotopic (exact) mass is 399 g/mol. The Kier molecular flexibility index (Phi) is 4.61. The molecule has 3 heterocycles. The van der Waals surface area contributed by atoms with Crippen LogP contribution in [-0.4, -0.2) is 37.8 Å². The summed E-state index contributed by atoms with van der Waals surface area (Å²) < 4.78 is 14.8. The molecule has 0 aliphatic carbocycles. The fraction of sp³-hybridized carbons (Fsp3) is 0.368. The van der Waals surface area contributed by atoms with E-state index in [0.29, 0.717) is 24.7 Å². The van der Waals surface area contributed by atoms with E-state index >= 15 is 0 Å². The van der Waals surface area contributed by atoms with Gasteiger partial charge in [-0.05, 0) is 24.6 Å². The molecule has 10 heteroatoms. The third-order valence-corrected chi connectivity index (χ3v) is 4.97. The molecule has 0 saturated carbocycles. The number of aryl methyl sites for hydroxylation is 1. The second kappa shape index (κ2) is 7.12. The molecule has 0 radical (unpaired) electrons. The Labute approximate surface area is 165 Å². The van der Waals surface area contributed by atoms with Crippen LogP contribution in [-0.2, 0) is 25.4 Å². The maximum absolute atomic E-state index is 12.6. The lowest BCUT2D eigenvalue weighted by molar-refractivity contribution is -0.122. The van der Waals surface area contributed by atoms with Crippen molar-refractivity contribution in [1.82, 2.24) is 24.0 Å². The number of nitrogens with zero attached hydrogens (tertiary/aromatic N) is 4. The number of imidazole rings is 1. The van der Waals surface area contributed by atoms with Crippen molar-refractivity contribution in [2.45, 2.75) is 19.5 Å². The number of hydrogen-bond donors (Lipinski definition) is 1. The first kappa shape index (κ1) is 18.8. The van der Waals surface area contributed by atoms with Gasteiger partial charge in [-0.1, -0.05) is 6.07 Å². The van der Waals surface area contributed by atoms with E-state index in [4.69, 9.17) is 9.47 Å². The van der Waals surface area contributed by atoms with Crippen molar-refractivity contribution in [1.29, 1.82) is 0 Å². The first-order valence-corrected chi connectivity index (χ1v) is 9.16. The van der Waals surface area contributed by atoms with Gasteiger partial charge < -0.3 is 19.4 Å². The molecule has 2 aromatic heterocycles. The number of rotatable bonds is 4. The zero-order chi connectivity index (χ0) is 20.7. The van der Waals surface area contributed by atoms with Crippen molar-refractivity contribution in [2.24, 2.45) is 14.1 Å². The lowest BCUT2D eigenvalue weighted by Gasteiger charge is -2.21. The summed E-state index contributed by atoms with van der Waals surface area (Å²) in [6.07, 6.45) is 1.39. The number of benzene rings is 1. The molecule has 1 aliphatic heterocycles. The van der Waals surface area contributed by atoms with Gasteiger partial charge in [0, 0.05) is 14.1 Å². The molecule has 1 N–H and O–H groups in total. The van der Waals surface area contributed by atoms with Crippen LogP contribution in [0.5, 0.6) is 11.5 Å². The number of aromatic nitrogens is 4. The minimum absolute atomic E-state index is 0.0984. The number of fused-ring (bicyclic) bond motifs is 2. The average Bonchev–Trinajstić information content (AvgIpc) is 3.13. The molecule has 3 aromatic rings. The molecule has 1 unspecified atom stereocenters. The van der Waals surface area contributed by atoms with Gasteiger partial charge in [-0.3, -0.25) is 18.7 Å². The summed E-state index contributed by atoms with van der Waals surface area (Å²) in [4.78, 5) is 41.2. The van der Waals surface area contributed by atoms with Gasteiger partial charge in [0.05, 0.1) is 12.4 Å². The summed E-state index contributed by atoms with van der Waals surface area (Å²) >= 11 is 0. The first-order valence-electron chi connectivity index (χ1n) is 9.16. The predicted molar refractivity (Wildman–Crippen MR) is 104 cm³/mol. The molecule has 1 amide bonds. The minimum atomic E-state index is -0.492. The zero-order valence-corrected chi connectivity index (χ0v) is 16.3. The van der Waals surface area contributed by atoms with Gasteiger partial charge in [-0.2, -0.15) is 0 Å². The highest BCUT2D eigenvalue weighted by atomic mass is 16.6. The molecule has 0 bridgehead atoms. The largest absolute Gasteiger partial charge is 0.486 e. The smallest absolute Gasteiger partial charge is 0.332 e. The molecule has 10 nitrogen and oxygen atoms in total. The molecule has 1 aliphatic rings. The van der Waals surface area contributed by atoms with E-state index < -0.39 is 11.2 Å². The Morgan fingerprint density at radius 2 is 1.90 bits per heavy atom. The molecule has 29 heavy (non-hydrogen) atoms. The molecular weight excluding hydrogens is 378 g/mol. The quantitative estimate of drug-likeness (QED) is 0.666. The van der Waals surface area contributed by atoms with E-state index in [1.54, 1.807) is 0 Å². The van der Waals surface area contributed by atoms with Gasteiger partial charge in [0.1, 0.15) is 19.8 Å². The normalized spacial score (nSPS) is 14.0. The number of hydrogen-bond acceptors (Lipinski definition) is 6. The highest BCUT2D eigenvalue weighted by Gasteiger charge is 2.18. The van der Waals surface area contributed by atoms with Crippen LogP contribution in [0.1, 0.15) is 18.5 Å². The summed E-state index contributed by atoms with van der Waals surface area (Å²) in [6.45, 7) is 2.77. The van der Waals surface area contributed by atoms with Gasteiger partial charge in [0.15, 0.2) is 22.7 Å². The summed E-state index contributed by atoms with van der Waals surface area (Å²) in [7, 11) is 2.93. The summed E-state index contributed by atoms with van der Waals surface area (Å²) in [5.41, 5.74) is 0.358. The van der Waals surface area contributed by atoms with Gasteiger partial charge >= 0.3 is 5.69 Å². The highest BCUT2D eigenvalue weighted by Crippen LogP contribution is 2.32. The van der Waals surface area contributed by atoms with Crippen molar-refractivity contribution in [3.05, 3.63) is 50.9 Å². The maximum atomic E-state index is 12.6. The second-order valence-electron chi connectivity index (χ2n) is 6.94. The Morgan fingerprint density at radius 3 is 2.66 bits per heavy atom. The van der Waals surface area contributed by atoms with E-state index in [-0.39, 0.29) is 29.7 Å². The lowest BCUT2D eigenvalue weighted by Crippen LogP contribution is -2.38. The highest BCUT2D eigenvalue weighted by molar-refractivity contribution is 5.79. The van der Waals surface area contributed by atoms with E-state index in [0.717, 1.165) is 10.1 Å². The summed E-state index contributed by atoms with van der Waals surface area (Å²) in [6, 6.07) is 5.26. The number of carbonyl (C=O) groups is 1. The SMILES string of the molecule is CC(NC(=O)Cn1cnc2c1c(=O)n(C)c(=O)n2C)c1ccc2c(c1)OCCO2. The molecule has 0 spiro atoms. The van der Waals surface area contributed by atoms with Crippen molar-refractivity contribution in [3.8, 4) is 11.5 Å². The van der Waals surface area contributed by atoms with E-state index in [1.165, 1.54) is 29.6 Å². The summed E-state index contributed by atoms with van der Waals surface area (Å²) in [5, 5.41) is 2.90. The number of carbonyl (C=O) groups excluding carboxylic acids is 1. The molecule has 0 saturated heterocycles. The average molecular weight is 399 g/mol. The van der Waals surface area contributed by atoms with E-state index in [9.17, 15) is 14.4 Å². The van der Waals surface area contributed by atoms with Gasteiger partial charge in [0.25, 0.3) is 5.56 Å². The van der Waals surface area contributed by atoms with Gasteiger partial charge in [-0.25, -0.2) is 9.78 Å². The molecule has 152 valence electrons.